The Bertz CT molecular complexity index is 1330. The summed E-state index contributed by atoms with van der Waals surface area (Å²) < 4.78 is 1.81. The number of nitrogens with zero attached hydrogens (tertiary/aromatic N) is 4. The van der Waals surface area contributed by atoms with Crippen molar-refractivity contribution in [3.63, 3.8) is 0 Å². The predicted octanol–water partition coefficient (Wildman–Crippen LogP) is 3.19. The van der Waals surface area contributed by atoms with Gasteiger partial charge in [0.25, 0.3) is 5.91 Å². The Hall–Kier alpha value is -4.21. The van der Waals surface area contributed by atoms with E-state index in [1.54, 1.807) is 29.2 Å². The Balaban J connectivity index is 1.28. The van der Waals surface area contributed by atoms with Gasteiger partial charge in [0.05, 0.1) is 18.2 Å². The molecule has 0 bridgehead atoms. The van der Waals surface area contributed by atoms with E-state index < -0.39 is 6.04 Å². The maximum absolute atomic E-state index is 12.9. The number of carbonyl (C=O) groups excluding carboxylic acids is 1. The van der Waals surface area contributed by atoms with Gasteiger partial charge in [0.1, 0.15) is 5.82 Å². The van der Waals surface area contributed by atoms with Gasteiger partial charge in [0, 0.05) is 61.7 Å². The fourth-order valence-corrected chi connectivity index (χ4v) is 4.39. The van der Waals surface area contributed by atoms with Crippen molar-refractivity contribution < 1.29 is 9.90 Å². The van der Waals surface area contributed by atoms with E-state index in [1.165, 1.54) is 5.69 Å². The molecule has 1 amide bonds. The SMILES string of the molecule is Cc1cnc(Nc2ccc(N3CCNCC3)cc2)nc1-n1ccc(C(=O)NC(CO)c2ccccc2)c1. The van der Waals surface area contributed by atoms with Crippen LogP contribution in [-0.2, 0) is 0 Å². The van der Waals surface area contributed by atoms with Crippen molar-refractivity contribution >= 4 is 23.2 Å². The number of aryl methyl sites for hydroxylation is 1. The predicted molar refractivity (Wildman–Crippen MR) is 145 cm³/mol. The molecule has 37 heavy (non-hydrogen) atoms. The number of anilines is 3. The second-order valence-corrected chi connectivity index (χ2v) is 9.04. The standard InChI is InChI=1S/C28H31N7O2/c1-20-17-30-28(31-23-7-9-24(10-8-23)34-15-12-29-13-16-34)33-26(20)35-14-11-22(18-35)27(37)32-25(19-36)21-5-3-2-4-6-21/h2-11,14,17-18,25,29,36H,12-13,15-16,19H2,1H3,(H,32,37)(H,30,31,33). The maximum atomic E-state index is 12.9. The van der Waals surface area contributed by atoms with Crippen LogP contribution in [0, 0.1) is 6.92 Å². The van der Waals surface area contributed by atoms with Crippen LogP contribution in [0.25, 0.3) is 5.82 Å². The van der Waals surface area contributed by atoms with Crippen molar-refractivity contribution in [2.24, 2.45) is 0 Å². The first-order valence-electron chi connectivity index (χ1n) is 12.4. The lowest BCUT2D eigenvalue weighted by Crippen LogP contribution is -2.43. The Morgan fingerprint density at radius 1 is 1.08 bits per heavy atom. The van der Waals surface area contributed by atoms with Gasteiger partial charge in [-0.15, -0.1) is 0 Å². The highest BCUT2D eigenvalue weighted by Gasteiger charge is 2.17. The van der Waals surface area contributed by atoms with Crippen molar-refractivity contribution in [3.05, 3.63) is 95.9 Å². The Morgan fingerprint density at radius 3 is 2.57 bits per heavy atom. The fourth-order valence-electron chi connectivity index (χ4n) is 4.39. The molecule has 1 saturated heterocycles. The third kappa shape index (κ3) is 5.79. The van der Waals surface area contributed by atoms with Crippen LogP contribution >= 0.6 is 0 Å². The topological polar surface area (TPSA) is 107 Å². The third-order valence-electron chi connectivity index (χ3n) is 6.44. The quantitative estimate of drug-likeness (QED) is 0.296. The van der Waals surface area contributed by atoms with E-state index >= 15 is 0 Å². The number of rotatable bonds is 8. The van der Waals surface area contributed by atoms with Gasteiger partial charge in [-0.25, -0.2) is 4.98 Å². The molecule has 3 heterocycles. The smallest absolute Gasteiger partial charge is 0.253 e. The molecule has 1 aliphatic rings. The van der Waals surface area contributed by atoms with Crippen molar-refractivity contribution in [1.82, 2.24) is 25.2 Å². The van der Waals surface area contributed by atoms with E-state index in [4.69, 9.17) is 4.98 Å². The summed E-state index contributed by atoms with van der Waals surface area (Å²) in [5.41, 5.74) is 4.30. The van der Waals surface area contributed by atoms with Crippen LogP contribution in [0.5, 0.6) is 0 Å². The summed E-state index contributed by atoms with van der Waals surface area (Å²) in [7, 11) is 0. The molecule has 4 aromatic rings. The molecular weight excluding hydrogens is 466 g/mol. The van der Waals surface area contributed by atoms with Crippen LogP contribution in [0.1, 0.15) is 27.5 Å². The number of carbonyl (C=O) groups is 1. The van der Waals surface area contributed by atoms with E-state index in [2.05, 4.69) is 38.0 Å². The maximum Gasteiger partial charge on any atom is 0.253 e. The van der Waals surface area contributed by atoms with E-state index in [0.717, 1.165) is 43.0 Å². The molecule has 5 rings (SSSR count). The summed E-state index contributed by atoms with van der Waals surface area (Å²) in [5.74, 6) is 0.881. The van der Waals surface area contributed by atoms with Crippen LogP contribution in [-0.4, -0.2) is 58.3 Å². The number of hydrogen-bond acceptors (Lipinski definition) is 7. The molecule has 1 unspecified atom stereocenters. The van der Waals surface area contributed by atoms with Crippen molar-refractivity contribution in [1.29, 1.82) is 0 Å². The third-order valence-corrected chi connectivity index (χ3v) is 6.44. The summed E-state index contributed by atoms with van der Waals surface area (Å²) in [5, 5.41) is 19.3. The van der Waals surface area contributed by atoms with Gasteiger partial charge >= 0.3 is 0 Å². The minimum atomic E-state index is -0.480. The fraction of sp³-hybridized carbons (Fsp3) is 0.250. The molecule has 2 aromatic heterocycles. The second kappa shape index (κ2) is 11.2. The first kappa shape index (κ1) is 24.5. The lowest BCUT2D eigenvalue weighted by molar-refractivity contribution is 0.0916. The number of hydrogen-bond donors (Lipinski definition) is 4. The molecule has 0 radical (unpaired) electrons. The number of nitrogens with one attached hydrogen (secondary N) is 3. The molecule has 0 aliphatic carbocycles. The first-order valence-corrected chi connectivity index (χ1v) is 12.4. The molecule has 4 N–H and O–H groups in total. The summed E-state index contributed by atoms with van der Waals surface area (Å²) in [6, 6.07) is 18.9. The van der Waals surface area contributed by atoms with Gasteiger partial charge in [0.15, 0.2) is 0 Å². The molecule has 2 aromatic carbocycles. The summed E-state index contributed by atoms with van der Waals surface area (Å²) in [6.07, 6.45) is 5.29. The van der Waals surface area contributed by atoms with Gasteiger partial charge in [-0.3, -0.25) is 4.79 Å². The van der Waals surface area contributed by atoms with Gasteiger partial charge in [-0.05, 0) is 42.8 Å². The zero-order chi connectivity index (χ0) is 25.6. The molecule has 0 saturated carbocycles. The molecule has 190 valence electrons. The van der Waals surface area contributed by atoms with Crippen molar-refractivity contribution in [2.45, 2.75) is 13.0 Å². The number of piperazine rings is 1. The second-order valence-electron chi connectivity index (χ2n) is 9.04. The summed E-state index contributed by atoms with van der Waals surface area (Å²) in [6.45, 7) is 5.74. The van der Waals surface area contributed by atoms with Crippen molar-refractivity contribution in [3.8, 4) is 5.82 Å². The highest BCUT2D eigenvalue weighted by molar-refractivity contribution is 5.94. The van der Waals surface area contributed by atoms with E-state index in [-0.39, 0.29) is 12.5 Å². The van der Waals surface area contributed by atoms with Crippen molar-refractivity contribution in [2.75, 3.05) is 43.0 Å². The minimum absolute atomic E-state index is 0.188. The number of amides is 1. The van der Waals surface area contributed by atoms with Crippen LogP contribution in [0.3, 0.4) is 0 Å². The molecule has 1 aliphatic heterocycles. The van der Waals surface area contributed by atoms with Gasteiger partial charge in [-0.2, -0.15) is 4.98 Å². The Kier molecular flexibility index (Phi) is 7.43. The van der Waals surface area contributed by atoms with E-state index in [1.807, 2.05) is 49.4 Å². The van der Waals surface area contributed by atoms with Crippen LogP contribution in [0.2, 0.25) is 0 Å². The lowest BCUT2D eigenvalue weighted by atomic mass is 10.1. The average Bonchev–Trinajstić information content (AvgIpc) is 3.44. The van der Waals surface area contributed by atoms with E-state index in [0.29, 0.717) is 17.3 Å². The Morgan fingerprint density at radius 2 is 1.84 bits per heavy atom. The molecular formula is C28H31N7O2. The van der Waals surface area contributed by atoms with Crippen LogP contribution in [0.15, 0.2) is 79.3 Å². The average molecular weight is 498 g/mol. The van der Waals surface area contributed by atoms with E-state index in [9.17, 15) is 9.90 Å². The lowest BCUT2D eigenvalue weighted by Gasteiger charge is -2.29. The first-order chi connectivity index (χ1) is 18.1. The van der Waals surface area contributed by atoms with Gasteiger partial charge in [-0.1, -0.05) is 30.3 Å². The highest BCUT2D eigenvalue weighted by Crippen LogP contribution is 2.22. The number of aliphatic hydroxyl groups is 1. The largest absolute Gasteiger partial charge is 0.394 e. The normalized spacial score (nSPS) is 14.3. The zero-order valence-electron chi connectivity index (χ0n) is 20.8. The van der Waals surface area contributed by atoms with Gasteiger partial charge in [0.2, 0.25) is 5.95 Å². The molecule has 1 fully saturated rings. The van der Waals surface area contributed by atoms with Crippen LogP contribution < -0.4 is 20.9 Å². The summed E-state index contributed by atoms with van der Waals surface area (Å²) >= 11 is 0. The monoisotopic (exact) mass is 497 g/mol. The number of aromatic nitrogens is 3. The number of benzene rings is 2. The molecule has 1 atom stereocenters. The summed E-state index contributed by atoms with van der Waals surface area (Å²) in [4.78, 5) is 24.4. The van der Waals surface area contributed by atoms with Crippen LogP contribution in [0.4, 0.5) is 17.3 Å². The molecule has 0 spiro atoms. The Labute approximate surface area is 216 Å². The molecule has 9 heteroatoms. The minimum Gasteiger partial charge on any atom is -0.394 e. The van der Waals surface area contributed by atoms with Gasteiger partial charge < -0.3 is 30.5 Å². The zero-order valence-corrected chi connectivity index (χ0v) is 20.8. The highest BCUT2D eigenvalue weighted by atomic mass is 16.3. The molecule has 9 nitrogen and oxygen atoms in total. The number of aliphatic hydroxyl groups excluding tert-OH is 1.